The fourth-order valence-corrected chi connectivity index (χ4v) is 4.78. The molecule has 1 atom stereocenters. The van der Waals surface area contributed by atoms with Gasteiger partial charge in [-0.2, -0.15) is 0 Å². The summed E-state index contributed by atoms with van der Waals surface area (Å²) in [6, 6.07) is 0.584. The molecule has 2 fully saturated rings. The lowest BCUT2D eigenvalue weighted by Gasteiger charge is -2.41. The number of hydrazine groups is 1. The van der Waals surface area contributed by atoms with E-state index in [1.807, 2.05) is 0 Å². The fraction of sp³-hybridized carbons (Fsp3) is 1.00. The van der Waals surface area contributed by atoms with Gasteiger partial charge in [-0.05, 0) is 68.1 Å². The Morgan fingerprint density at radius 2 is 1.30 bits per heavy atom. The van der Waals surface area contributed by atoms with E-state index >= 15 is 0 Å². The normalized spacial score (nSPS) is 37.0. The van der Waals surface area contributed by atoms with E-state index in [0.717, 1.165) is 29.6 Å². The minimum atomic E-state index is 0.584. The molecule has 0 heterocycles. The van der Waals surface area contributed by atoms with Gasteiger partial charge < -0.3 is 0 Å². The summed E-state index contributed by atoms with van der Waals surface area (Å²) >= 11 is 0. The maximum atomic E-state index is 5.95. The zero-order chi connectivity index (χ0) is 14.5. The molecule has 2 aliphatic carbocycles. The molecular weight excluding hydrogens is 244 g/mol. The van der Waals surface area contributed by atoms with Crippen LogP contribution in [0.1, 0.15) is 78.6 Å². The van der Waals surface area contributed by atoms with Crippen LogP contribution >= 0.6 is 0 Å². The minimum Gasteiger partial charge on any atom is -0.271 e. The smallest absolute Gasteiger partial charge is 0.0267 e. The largest absolute Gasteiger partial charge is 0.271 e. The van der Waals surface area contributed by atoms with Crippen LogP contribution in [0.5, 0.6) is 0 Å². The third-order valence-corrected chi connectivity index (χ3v) is 6.44. The molecule has 0 aromatic heterocycles. The van der Waals surface area contributed by atoms with Crippen LogP contribution in [0.3, 0.4) is 0 Å². The van der Waals surface area contributed by atoms with Crippen molar-refractivity contribution in [2.24, 2.45) is 35.4 Å². The molecule has 0 spiro atoms. The predicted molar refractivity (Wildman–Crippen MR) is 87.1 cm³/mol. The number of hydrogen-bond acceptors (Lipinski definition) is 2. The molecule has 0 aliphatic heterocycles. The summed E-state index contributed by atoms with van der Waals surface area (Å²) in [5.74, 6) is 10.4. The van der Waals surface area contributed by atoms with Crippen molar-refractivity contribution in [1.29, 1.82) is 0 Å². The van der Waals surface area contributed by atoms with Crippen molar-refractivity contribution >= 4 is 0 Å². The monoisotopic (exact) mass is 280 g/mol. The maximum Gasteiger partial charge on any atom is 0.0267 e. The highest BCUT2D eigenvalue weighted by molar-refractivity contribution is 4.88. The van der Waals surface area contributed by atoms with Gasteiger partial charge in [0.05, 0.1) is 0 Å². The standard InChI is InChI=1S/C18H36N2/c1-4-14-5-7-16(8-6-14)18(20-19)17-11-9-15(10-12-17)13(2)3/h13-18,20H,4-12,19H2,1-3H3. The molecule has 1 unspecified atom stereocenters. The van der Waals surface area contributed by atoms with Gasteiger partial charge in [0.1, 0.15) is 0 Å². The van der Waals surface area contributed by atoms with Gasteiger partial charge in [-0.15, -0.1) is 0 Å². The first-order chi connectivity index (χ1) is 9.65. The molecule has 2 rings (SSSR count). The Morgan fingerprint density at radius 3 is 1.70 bits per heavy atom. The van der Waals surface area contributed by atoms with Gasteiger partial charge in [-0.3, -0.25) is 11.3 Å². The Balaban J connectivity index is 1.83. The van der Waals surface area contributed by atoms with Crippen LogP contribution in [0, 0.1) is 29.6 Å². The molecule has 118 valence electrons. The van der Waals surface area contributed by atoms with Crippen molar-refractivity contribution in [3.63, 3.8) is 0 Å². The molecule has 0 bridgehead atoms. The first-order valence-electron chi connectivity index (χ1n) is 9.11. The average Bonchev–Trinajstić information content (AvgIpc) is 2.49. The molecule has 0 aromatic carbocycles. The third kappa shape index (κ3) is 3.98. The molecule has 2 nitrogen and oxygen atoms in total. The van der Waals surface area contributed by atoms with E-state index < -0.39 is 0 Å². The summed E-state index contributed by atoms with van der Waals surface area (Å²) in [7, 11) is 0. The Morgan fingerprint density at radius 1 is 0.850 bits per heavy atom. The third-order valence-electron chi connectivity index (χ3n) is 6.44. The van der Waals surface area contributed by atoms with Crippen LogP contribution in [0.2, 0.25) is 0 Å². The van der Waals surface area contributed by atoms with Crippen molar-refractivity contribution in [2.75, 3.05) is 0 Å². The highest BCUT2D eigenvalue weighted by Crippen LogP contribution is 2.40. The van der Waals surface area contributed by atoms with Gasteiger partial charge in [0.2, 0.25) is 0 Å². The Labute approximate surface area is 126 Å². The molecule has 2 heteroatoms. The van der Waals surface area contributed by atoms with Gasteiger partial charge in [-0.25, -0.2) is 0 Å². The van der Waals surface area contributed by atoms with Crippen LogP contribution in [-0.2, 0) is 0 Å². The van der Waals surface area contributed by atoms with E-state index in [1.165, 1.54) is 57.8 Å². The van der Waals surface area contributed by atoms with Gasteiger partial charge in [0.15, 0.2) is 0 Å². The van der Waals surface area contributed by atoms with Crippen molar-refractivity contribution in [3.05, 3.63) is 0 Å². The van der Waals surface area contributed by atoms with Crippen LogP contribution < -0.4 is 11.3 Å². The molecule has 0 radical (unpaired) electrons. The SMILES string of the molecule is CCC1CCC(C(NN)C2CCC(C(C)C)CC2)CC1. The summed E-state index contributed by atoms with van der Waals surface area (Å²) in [6.07, 6.45) is 12.7. The second kappa shape index (κ2) is 7.79. The van der Waals surface area contributed by atoms with E-state index in [9.17, 15) is 0 Å². The van der Waals surface area contributed by atoms with E-state index in [1.54, 1.807) is 0 Å². The van der Waals surface area contributed by atoms with E-state index in [4.69, 9.17) is 5.84 Å². The summed E-state index contributed by atoms with van der Waals surface area (Å²) in [5, 5.41) is 0. The van der Waals surface area contributed by atoms with Crippen LogP contribution in [0.4, 0.5) is 0 Å². The van der Waals surface area contributed by atoms with Crippen LogP contribution in [-0.4, -0.2) is 6.04 Å². The highest BCUT2D eigenvalue weighted by atomic mass is 15.2. The fourth-order valence-electron chi connectivity index (χ4n) is 4.78. The minimum absolute atomic E-state index is 0.584. The van der Waals surface area contributed by atoms with E-state index in [2.05, 4.69) is 26.2 Å². The van der Waals surface area contributed by atoms with Gasteiger partial charge >= 0.3 is 0 Å². The average molecular weight is 281 g/mol. The Hall–Kier alpha value is -0.0800. The lowest BCUT2D eigenvalue weighted by atomic mass is 9.69. The van der Waals surface area contributed by atoms with Gasteiger partial charge in [0, 0.05) is 6.04 Å². The molecule has 20 heavy (non-hydrogen) atoms. The quantitative estimate of drug-likeness (QED) is 0.575. The second-order valence-corrected chi connectivity index (χ2v) is 7.80. The second-order valence-electron chi connectivity index (χ2n) is 7.80. The molecule has 0 aromatic rings. The van der Waals surface area contributed by atoms with Crippen molar-refractivity contribution < 1.29 is 0 Å². The van der Waals surface area contributed by atoms with Gasteiger partial charge in [0.25, 0.3) is 0 Å². The maximum absolute atomic E-state index is 5.95. The van der Waals surface area contributed by atoms with Crippen molar-refractivity contribution in [2.45, 2.75) is 84.6 Å². The summed E-state index contributed by atoms with van der Waals surface area (Å²) in [4.78, 5) is 0. The number of nitrogens with one attached hydrogen (secondary N) is 1. The first kappa shape index (κ1) is 16.3. The topological polar surface area (TPSA) is 38.0 Å². The van der Waals surface area contributed by atoms with Crippen molar-refractivity contribution in [1.82, 2.24) is 5.43 Å². The summed E-state index contributed by atoms with van der Waals surface area (Å²) in [5.41, 5.74) is 3.22. The zero-order valence-corrected chi connectivity index (χ0v) is 13.9. The lowest BCUT2D eigenvalue weighted by Crippen LogP contribution is -2.48. The molecule has 0 saturated heterocycles. The number of nitrogens with two attached hydrogens (primary N) is 1. The number of rotatable bonds is 5. The Kier molecular flexibility index (Phi) is 6.35. The predicted octanol–water partition coefficient (Wildman–Crippen LogP) is 4.50. The molecule has 2 saturated carbocycles. The number of hydrogen-bond donors (Lipinski definition) is 2. The molecular formula is C18H36N2. The van der Waals surface area contributed by atoms with E-state index in [-0.39, 0.29) is 0 Å². The highest BCUT2D eigenvalue weighted by Gasteiger charge is 2.34. The molecule has 0 amide bonds. The molecule has 3 N–H and O–H groups in total. The summed E-state index contributed by atoms with van der Waals surface area (Å²) < 4.78 is 0. The first-order valence-corrected chi connectivity index (χ1v) is 9.11. The van der Waals surface area contributed by atoms with Crippen LogP contribution in [0.25, 0.3) is 0 Å². The van der Waals surface area contributed by atoms with E-state index in [0.29, 0.717) is 6.04 Å². The zero-order valence-electron chi connectivity index (χ0n) is 13.9. The lowest BCUT2D eigenvalue weighted by molar-refractivity contribution is 0.126. The summed E-state index contributed by atoms with van der Waals surface area (Å²) in [6.45, 7) is 7.11. The Bertz CT molecular complexity index is 261. The van der Waals surface area contributed by atoms with Gasteiger partial charge in [-0.1, -0.05) is 40.0 Å². The van der Waals surface area contributed by atoms with Crippen molar-refractivity contribution in [3.8, 4) is 0 Å². The van der Waals surface area contributed by atoms with Crippen LogP contribution in [0.15, 0.2) is 0 Å². The molecule has 2 aliphatic rings.